The molecule has 5 heteroatoms. The number of nitrogens with zero attached hydrogens (tertiary/aromatic N) is 1. The molecule has 2 aliphatic rings. The van der Waals surface area contributed by atoms with E-state index < -0.39 is 11.9 Å². The van der Waals surface area contributed by atoms with Gasteiger partial charge in [-0.3, -0.25) is 9.59 Å². The second-order valence-corrected chi connectivity index (χ2v) is 6.47. The lowest BCUT2D eigenvalue weighted by molar-refractivity contribution is -0.138. The number of carbonyl (C=O) groups is 2. The number of aliphatic carboxylic acids is 1. The molecule has 4 rings (SSSR count). The molecule has 1 amide bonds. The molecule has 0 saturated carbocycles. The van der Waals surface area contributed by atoms with Crippen LogP contribution in [0.25, 0.3) is 0 Å². The Bertz CT molecular complexity index is 832. The minimum Gasteiger partial charge on any atom is -0.481 e. The Morgan fingerprint density at radius 1 is 1.08 bits per heavy atom. The first-order chi connectivity index (χ1) is 12.1. The largest absolute Gasteiger partial charge is 0.481 e. The van der Waals surface area contributed by atoms with E-state index in [2.05, 4.69) is 6.07 Å². The van der Waals surface area contributed by atoms with Crippen LogP contribution < -0.4 is 4.90 Å². The third kappa shape index (κ3) is 2.81. The van der Waals surface area contributed by atoms with Crippen LogP contribution in [0.2, 0.25) is 0 Å². The Morgan fingerprint density at radius 2 is 1.80 bits per heavy atom. The number of ether oxygens (including phenoxy) is 1. The molecule has 25 heavy (non-hydrogen) atoms. The van der Waals surface area contributed by atoms with Gasteiger partial charge in [-0.2, -0.15) is 0 Å². The number of anilines is 1. The minimum atomic E-state index is -0.901. The molecule has 2 heterocycles. The molecule has 5 nitrogen and oxygen atoms in total. The highest BCUT2D eigenvalue weighted by molar-refractivity contribution is 5.99. The van der Waals surface area contributed by atoms with Crippen molar-refractivity contribution in [1.82, 2.24) is 0 Å². The number of carbonyl (C=O) groups excluding carboxylic acids is 1. The van der Waals surface area contributed by atoms with Crippen LogP contribution in [0.3, 0.4) is 0 Å². The number of amides is 1. The molecule has 2 aromatic carbocycles. The summed E-state index contributed by atoms with van der Waals surface area (Å²) in [4.78, 5) is 26.0. The van der Waals surface area contributed by atoms with Crippen LogP contribution in [0.5, 0.6) is 0 Å². The summed E-state index contributed by atoms with van der Waals surface area (Å²) < 4.78 is 5.83. The molecule has 2 unspecified atom stereocenters. The highest BCUT2D eigenvalue weighted by Gasteiger charge is 2.37. The third-order valence-electron chi connectivity index (χ3n) is 5.02. The standard InChI is InChI=1S/C20H19NO4/c22-19(11-18-14-6-2-1-5-13(14)9-10-25-18)21-12-16(20(23)24)15-7-3-4-8-17(15)21/h1-8,16,18H,9-12H2,(H,23,24). The van der Waals surface area contributed by atoms with Gasteiger partial charge in [0.05, 0.1) is 19.1 Å². The van der Waals surface area contributed by atoms with Gasteiger partial charge in [-0.05, 0) is 29.2 Å². The minimum absolute atomic E-state index is 0.0992. The molecule has 0 bridgehead atoms. The zero-order valence-corrected chi connectivity index (χ0v) is 13.7. The lowest BCUT2D eigenvalue weighted by Gasteiger charge is -2.27. The molecular weight excluding hydrogens is 318 g/mol. The number of carboxylic acid groups (broad SMARTS) is 1. The fraction of sp³-hybridized carbons (Fsp3) is 0.300. The maximum absolute atomic E-state index is 12.9. The Labute approximate surface area is 145 Å². The van der Waals surface area contributed by atoms with Crippen LogP contribution in [-0.2, 0) is 20.7 Å². The Hall–Kier alpha value is -2.66. The quantitative estimate of drug-likeness (QED) is 0.935. The van der Waals surface area contributed by atoms with E-state index in [0.29, 0.717) is 17.9 Å². The molecule has 2 aromatic rings. The zero-order chi connectivity index (χ0) is 17.4. The topological polar surface area (TPSA) is 66.8 Å². The summed E-state index contributed by atoms with van der Waals surface area (Å²) in [6.45, 7) is 0.783. The molecular formula is C20H19NO4. The third-order valence-corrected chi connectivity index (χ3v) is 5.02. The van der Waals surface area contributed by atoms with Gasteiger partial charge in [0.1, 0.15) is 5.92 Å². The first-order valence-corrected chi connectivity index (χ1v) is 8.46. The molecule has 0 aliphatic carbocycles. The van der Waals surface area contributed by atoms with E-state index in [1.807, 2.05) is 36.4 Å². The van der Waals surface area contributed by atoms with Crippen molar-refractivity contribution in [3.63, 3.8) is 0 Å². The van der Waals surface area contributed by atoms with E-state index >= 15 is 0 Å². The highest BCUT2D eigenvalue weighted by atomic mass is 16.5. The van der Waals surface area contributed by atoms with Crippen LogP contribution in [0, 0.1) is 0 Å². The fourth-order valence-electron chi connectivity index (χ4n) is 3.77. The maximum Gasteiger partial charge on any atom is 0.312 e. The second-order valence-electron chi connectivity index (χ2n) is 6.47. The fourth-order valence-corrected chi connectivity index (χ4v) is 3.77. The average molecular weight is 337 g/mol. The molecule has 0 spiro atoms. The normalized spacial score (nSPS) is 21.5. The van der Waals surface area contributed by atoms with Gasteiger partial charge in [0.15, 0.2) is 0 Å². The SMILES string of the molecule is O=C(O)C1CN(C(=O)CC2OCCc3ccccc32)c2ccccc21. The molecule has 2 atom stereocenters. The first kappa shape index (κ1) is 15.8. The summed E-state index contributed by atoms with van der Waals surface area (Å²) in [5, 5.41) is 9.45. The summed E-state index contributed by atoms with van der Waals surface area (Å²) in [5.41, 5.74) is 3.68. The summed E-state index contributed by atoms with van der Waals surface area (Å²) in [7, 11) is 0. The number of fused-ring (bicyclic) bond motifs is 2. The van der Waals surface area contributed by atoms with Crippen molar-refractivity contribution in [2.75, 3.05) is 18.1 Å². The van der Waals surface area contributed by atoms with Crippen molar-refractivity contribution in [2.45, 2.75) is 24.9 Å². The molecule has 0 radical (unpaired) electrons. The lowest BCUT2D eigenvalue weighted by Crippen LogP contribution is -2.33. The predicted octanol–water partition coefficient (Wildman–Crippen LogP) is 2.91. The van der Waals surface area contributed by atoms with Gasteiger partial charge in [-0.1, -0.05) is 42.5 Å². The summed E-state index contributed by atoms with van der Waals surface area (Å²) in [6.07, 6.45) is 0.806. The van der Waals surface area contributed by atoms with E-state index in [4.69, 9.17) is 4.74 Å². The zero-order valence-electron chi connectivity index (χ0n) is 13.7. The van der Waals surface area contributed by atoms with Crippen LogP contribution in [0.1, 0.15) is 35.1 Å². The van der Waals surface area contributed by atoms with Crippen molar-refractivity contribution >= 4 is 17.6 Å². The smallest absolute Gasteiger partial charge is 0.312 e. The van der Waals surface area contributed by atoms with Gasteiger partial charge in [0, 0.05) is 12.2 Å². The van der Waals surface area contributed by atoms with E-state index in [9.17, 15) is 14.7 Å². The monoisotopic (exact) mass is 337 g/mol. The lowest BCUT2D eigenvalue weighted by atomic mass is 9.95. The Balaban J connectivity index is 1.58. The maximum atomic E-state index is 12.9. The van der Waals surface area contributed by atoms with Gasteiger partial charge in [-0.25, -0.2) is 0 Å². The second kappa shape index (κ2) is 6.33. The molecule has 0 aromatic heterocycles. The highest BCUT2D eigenvalue weighted by Crippen LogP contribution is 2.38. The van der Waals surface area contributed by atoms with Gasteiger partial charge < -0.3 is 14.7 Å². The molecule has 0 saturated heterocycles. The molecule has 2 aliphatic heterocycles. The van der Waals surface area contributed by atoms with Crippen molar-refractivity contribution in [3.05, 3.63) is 65.2 Å². The van der Waals surface area contributed by atoms with E-state index in [-0.39, 0.29) is 25.0 Å². The molecule has 128 valence electrons. The number of para-hydroxylation sites is 1. The number of rotatable bonds is 3. The summed E-state index contributed by atoms with van der Waals surface area (Å²) in [5.74, 6) is -1.67. The van der Waals surface area contributed by atoms with E-state index in [0.717, 1.165) is 12.0 Å². The van der Waals surface area contributed by atoms with Gasteiger partial charge in [0.25, 0.3) is 0 Å². The average Bonchev–Trinajstić information content (AvgIpc) is 3.02. The number of hydrogen-bond donors (Lipinski definition) is 1. The number of benzene rings is 2. The van der Waals surface area contributed by atoms with E-state index in [1.54, 1.807) is 11.0 Å². The van der Waals surface area contributed by atoms with Crippen molar-refractivity contribution in [2.24, 2.45) is 0 Å². The Morgan fingerprint density at radius 3 is 2.60 bits per heavy atom. The first-order valence-electron chi connectivity index (χ1n) is 8.46. The van der Waals surface area contributed by atoms with Crippen molar-refractivity contribution < 1.29 is 19.4 Å². The van der Waals surface area contributed by atoms with Crippen LogP contribution >= 0.6 is 0 Å². The van der Waals surface area contributed by atoms with Crippen molar-refractivity contribution in [3.8, 4) is 0 Å². The van der Waals surface area contributed by atoms with Gasteiger partial charge in [0.2, 0.25) is 5.91 Å². The van der Waals surface area contributed by atoms with Crippen molar-refractivity contribution in [1.29, 1.82) is 0 Å². The predicted molar refractivity (Wildman–Crippen MR) is 92.6 cm³/mol. The molecule has 1 N–H and O–H groups in total. The van der Waals surface area contributed by atoms with Crippen LogP contribution in [-0.4, -0.2) is 30.1 Å². The van der Waals surface area contributed by atoms with Crippen LogP contribution in [0.4, 0.5) is 5.69 Å². The van der Waals surface area contributed by atoms with Crippen LogP contribution in [0.15, 0.2) is 48.5 Å². The number of carboxylic acids is 1. The Kier molecular flexibility index (Phi) is 4.01. The van der Waals surface area contributed by atoms with Gasteiger partial charge in [-0.15, -0.1) is 0 Å². The van der Waals surface area contributed by atoms with E-state index in [1.165, 1.54) is 5.56 Å². The summed E-state index contributed by atoms with van der Waals surface area (Å²) in [6, 6.07) is 15.3. The molecule has 0 fully saturated rings. The summed E-state index contributed by atoms with van der Waals surface area (Å²) >= 11 is 0. The van der Waals surface area contributed by atoms with Gasteiger partial charge >= 0.3 is 5.97 Å². The number of hydrogen-bond acceptors (Lipinski definition) is 3.